The van der Waals surface area contributed by atoms with E-state index in [1.165, 1.54) is 5.56 Å². The Hall–Kier alpha value is -2.49. The van der Waals surface area contributed by atoms with E-state index in [4.69, 9.17) is 0 Å². The van der Waals surface area contributed by atoms with Gasteiger partial charge in [0.25, 0.3) is 0 Å². The molecule has 0 saturated heterocycles. The predicted octanol–water partition coefficient (Wildman–Crippen LogP) is 4.30. The van der Waals surface area contributed by atoms with Crippen molar-refractivity contribution < 1.29 is 5.11 Å². The maximum absolute atomic E-state index is 10.2. The van der Waals surface area contributed by atoms with Crippen molar-refractivity contribution in [2.45, 2.75) is 27.7 Å². The highest BCUT2D eigenvalue weighted by Crippen LogP contribution is 2.23. The van der Waals surface area contributed by atoms with Gasteiger partial charge in [-0.25, -0.2) is 0 Å². The average Bonchev–Trinajstić information content (AvgIpc) is 2.52. The third-order valence-corrected chi connectivity index (χ3v) is 3.91. The average molecular weight is 311 g/mol. The van der Waals surface area contributed by atoms with Crippen LogP contribution in [0.25, 0.3) is 0 Å². The van der Waals surface area contributed by atoms with E-state index in [-0.39, 0.29) is 5.75 Å². The van der Waals surface area contributed by atoms with E-state index in [9.17, 15) is 5.11 Å². The topological polar surface area (TPSA) is 47.9 Å². The quantitative estimate of drug-likeness (QED) is 0.617. The fraction of sp³-hybridized carbons (Fsp3) is 0.316. The zero-order valence-corrected chi connectivity index (χ0v) is 14.3. The number of benzene rings is 2. The molecule has 4 heteroatoms. The molecule has 0 fully saturated rings. The van der Waals surface area contributed by atoms with E-state index in [1.54, 1.807) is 12.3 Å². The molecule has 0 saturated carbocycles. The van der Waals surface area contributed by atoms with Crippen LogP contribution in [0.3, 0.4) is 0 Å². The monoisotopic (exact) mass is 311 g/mol. The summed E-state index contributed by atoms with van der Waals surface area (Å²) < 4.78 is 0. The molecule has 2 N–H and O–H groups in total. The molecule has 0 aliphatic rings. The Morgan fingerprint density at radius 1 is 1.09 bits per heavy atom. The van der Waals surface area contributed by atoms with Crippen molar-refractivity contribution in [1.29, 1.82) is 0 Å². The third-order valence-electron chi connectivity index (χ3n) is 3.91. The summed E-state index contributed by atoms with van der Waals surface area (Å²) in [5.74, 6) is 0.237. The van der Waals surface area contributed by atoms with E-state index in [1.807, 2.05) is 31.2 Å². The van der Waals surface area contributed by atoms with Crippen LogP contribution in [0.5, 0.6) is 5.75 Å². The van der Waals surface area contributed by atoms with Gasteiger partial charge in [0.2, 0.25) is 0 Å². The van der Waals surface area contributed by atoms with Crippen LogP contribution in [0.4, 0.5) is 11.4 Å². The highest BCUT2D eigenvalue weighted by Gasteiger charge is 2.05. The lowest BCUT2D eigenvalue weighted by Gasteiger charge is -2.21. The van der Waals surface area contributed by atoms with Crippen LogP contribution in [0.2, 0.25) is 0 Å². The number of phenolic OH excluding ortho intramolecular Hbond substituents is 1. The molecule has 2 aromatic rings. The van der Waals surface area contributed by atoms with Gasteiger partial charge in [-0.15, -0.1) is 0 Å². The molecule has 4 nitrogen and oxygen atoms in total. The number of hydrazone groups is 1. The molecule has 0 heterocycles. The van der Waals surface area contributed by atoms with Crippen molar-refractivity contribution in [3.05, 3.63) is 53.1 Å². The van der Waals surface area contributed by atoms with E-state index in [0.717, 1.165) is 30.0 Å². The minimum atomic E-state index is 0.237. The number of hydrogen-bond donors (Lipinski definition) is 2. The van der Waals surface area contributed by atoms with Crippen molar-refractivity contribution >= 4 is 17.6 Å². The van der Waals surface area contributed by atoms with Crippen molar-refractivity contribution in [2.24, 2.45) is 5.10 Å². The summed E-state index contributed by atoms with van der Waals surface area (Å²) in [5, 5.41) is 14.4. The lowest BCUT2D eigenvalue weighted by molar-refractivity contribution is 0.474. The van der Waals surface area contributed by atoms with Gasteiger partial charge in [-0.2, -0.15) is 5.10 Å². The van der Waals surface area contributed by atoms with Gasteiger partial charge in [-0.05, 0) is 51.5 Å². The first-order valence-corrected chi connectivity index (χ1v) is 7.99. The molecule has 0 spiro atoms. The summed E-state index contributed by atoms with van der Waals surface area (Å²) in [6.45, 7) is 10.1. The SMILES string of the molecule is CCN(CC)c1ccc(/C=N/Nc2ccc(C)cc2C)c(O)c1. The smallest absolute Gasteiger partial charge is 0.126 e. The van der Waals surface area contributed by atoms with E-state index < -0.39 is 0 Å². The van der Waals surface area contributed by atoms with E-state index >= 15 is 0 Å². The van der Waals surface area contributed by atoms with Crippen molar-refractivity contribution in [3.63, 3.8) is 0 Å². The predicted molar refractivity (Wildman–Crippen MR) is 98.8 cm³/mol. The summed E-state index contributed by atoms with van der Waals surface area (Å²) in [4.78, 5) is 2.19. The maximum atomic E-state index is 10.2. The molecule has 0 aliphatic carbocycles. The fourth-order valence-electron chi connectivity index (χ4n) is 2.54. The summed E-state index contributed by atoms with van der Waals surface area (Å²) in [6, 6.07) is 11.8. The summed E-state index contributed by atoms with van der Waals surface area (Å²) in [6.07, 6.45) is 1.64. The first-order valence-electron chi connectivity index (χ1n) is 7.99. The molecule has 0 atom stereocenters. The van der Waals surface area contributed by atoms with Gasteiger partial charge in [0.15, 0.2) is 0 Å². The first kappa shape index (κ1) is 16.9. The Morgan fingerprint density at radius 3 is 2.43 bits per heavy atom. The number of rotatable bonds is 6. The molecule has 0 aliphatic heterocycles. The standard InChI is InChI=1S/C19H25N3O/c1-5-22(6-2)17-9-8-16(19(23)12-17)13-20-21-18-10-7-14(3)11-15(18)4/h7-13,21,23H,5-6H2,1-4H3/b20-13+. The van der Waals surface area contributed by atoms with Gasteiger partial charge in [0.05, 0.1) is 11.9 Å². The molecule has 0 radical (unpaired) electrons. The first-order chi connectivity index (χ1) is 11.0. The van der Waals surface area contributed by atoms with Crippen molar-refractivity contribution in [3.8, 4) is 5.75 Å². The van der Waals surface area contributed by atoms with Crippen LogP contribution < -0.4 is 10.3 Å². The number of aryl methyl sites for hydroxylation is 2. The van der Waals surface area contributed by atoms with Crippen LogP contribution in [0.15, 0.2) is 41.5 Å². The number of hydrogen-bond acceptors (Lipinski definition) is 4. The van der Waals surface area contributed by atoms with Gasteiger partial charge in [-0.3, -0.25) is 5.43 Å². The molecule has 2 rings (SSSR count). The van der Waals surface area contributed by atoms with Crippen LogP contribution in [-0.2, 0) is 0 Å². The molecule has 0 aromatic heterocycles. The molecule has 2 aromatic carbocycles. The van der Waals surface area contributed by atoms with E-state index in [2.05, 4.69) is 42.3 Å². The maximum Gasteiger partial charge on any atom is 0.126 e. The lowest BCUT2D eigenvalue weighted by Crippen LogP contribution is -2.21. The number of nitrogens with one attached hydrogen (secondary N) is 1. The minimum absolute atomic E-state index is 0.237. The van der Waals surface area contributed by atoms with Crippen LogP contribution in [-0.4, -0.2) is 24.4 Å². The molecular formula is C19H25N3O. The lowest BCUT2D eigenvalue weighted by atomic mass is 10.1. The van der Waals surface area contributed by atoms with Gasteiger partial charge < -0.3 is 10.0 Å². The van der Waals surface area contributed by atoms with Crippen LogP contribution in [0, 0.1) is 13.8 Å². The molecule has 0 amide bonds. The zero-order chi connectivity index (χ0) is 16.8. The highest BCUT2D eigenvalue weighted by molar-refractivity contribution is 5.85. The Bertz CT molecular complexity index is 691. The Kier molecular flexibility index (Phi) is 5.63. The molecular weight excluding hydrogens is 286 g/mol. The van der Waals surface area contributed by atoms with Crippen molar-refractivity contribution in [2.75, 3.05) is 23.4 Å². The largest absolute Gasteiger partial charge is 0.507 e. The van der Waals surface area contributed by atoms with Gasteiger partial charge in [0, 0.05) is 30.4 Å². The fourth-order valence-corrected chi connectivity index (χ4v) is 2.54. The summed E-state index contributed by atoms with van der Waals surface area (Å²) in [5.41, 5.74) is 8.07. The van der Waals surface area contributed by atoms with Gasteiger partial charge >= 0.3 is 0 Å². The molecule has 122 valence electrons. The van der Waals surface area contributed by atoms with Crippen molar-refractivity contribution in [1.82, 2.24) is 0 Å². The Labute approximate surface area is 138 Å². The Balaban J connectivity index is 2.10. The summed E-state index contributed by atoms with van der Waals surface area (Å²) in [7, 11) is 0. The number of nitrogens with zero attached hydrogens (tertiary/aromatic N) is 2. The molecule has 0 unspecified atom stereocenters. The Morgan fingerprint density at radius 2 is 1.83 bits per heavy atom. The zero-order valence-electron chi connectivity index (χ0n) is 14.3. The van der Waals surface area contributed by atoms with Gasteiger partial charge in [0.1, 0.15) is 5.75 Å². The minimum Gasteiger partial charge on any atom is -0.507 e. The normalized spacial score (nSPS) is 11.0. The second kappa shape index (κ2) is 7.68. The summed E-state index contributed by atoms with van der Waals surface area (Å²) >= 11 is 0. The highest BCUT2D eigenvalue weighted by atomic mass is 16.3. The van der Waals surface area contributed by atoms with E-state index in [0.29, 0.717) is 5.56 Å². The molecule has 0 bridgehead atoms. The van der Waals surface area contributed by atoms with Crippen LogP contribution in [0.1, 0.15) is 30.5 Å². The molecule has 23 heavy (non-hydrogen) atoms. The second-order valence-corrected chi connectivity index (χ2v) is 5.60. The number of phenols is 1. The number of anilines is 2. The number of aromatic hydroxyl groups is 1. The third kappa shape index (κ3) is 4.25. The van der Waals surface area contributed by atoms with Crippen LogP contribution >= 0.6 is 0 Å². The second-order valence-electron chi connectivity index (χ2n) is 5.60. The van der Waals surface area contributed by atoms with Gasteiger partial charge in [-0.1, -0.05) is 17.7 Å².